The number of aromatic amines is 1. The number of imidazole rings is 1. The highest BCUT2D eigenvalue weighted by Crippen LogP contribution is 2.30. The number of piperidine rings is 1. The summed E-state index contributed by atoms with van der Waals surface area (Å²) in [5.74, 6) is 1.81. The third kappa shape index (κ3) is 4.93. The molecule has 36 heavy (non-hydrogen) atoms. The minimum atomic E-state index is -0.596. The summed E-state index contributed by atoms with van der Waals surface area (Å²) in [7, 11) is 0. The normalized spacial score (nSPS) is 17.2. The Bertz CT molecular complexity index is 1350. The Hall–Kier alpha value is -4.19. The molecule has 4 heterocycles. The van der Waals surface area contributed by atoms with Gasteiger partial charge in [-0.2, -0.15) is 5.10 Å². The molecule has 0 bridgehead atoms. The van der Waals surface area contributed by atoms with E-state index in [9.17, 15) is 14.4 Å². The molecule has 1 aromatic carbocycles. The third-order valence-electron chi connectivity index (χ3n) is 6.93. The molecule has 1 saturated heterocycles. The van der Waals surface area contributed by atoms with E-state index in [0.29, 0.717) is 18.5 Å². The molecule has 2 N–H and O–H groups in total. The number of benzene rings is 1. The van der Waals surface area contributed by atoms with Gasteiger partial charge in [-0.25, -0.2) is 4.98 Å². The van der Waals surface area contributed by atoms with Crippen LogP contribution >= 0.6 is 0 Å². The van der Waals surface area contributed by atoms with Gasteiger partial charge in [0.2, 0.25) is 18.0 Å². The molecule has 1 unspecified atom stereocenters. The molecule has 184 valence electrons. The summed E-state index contributed by atoms with van der Waals surface area (Å²) >= 11 is 0. The molecule has 2 aliphatic heterocycles. The summed E-state index contributed by atoms with van der Waals surface area (Å²) < 4.78 is 4.12. The lowest BCUT2D eigenvalue weighted by molar-refractivity contribution is -0.750. The maximum absolute atomic E-state index is 13.0. The molecule has 2 aliphatic rings. The lowest BCUT2D eigenvalue weighted by Crippen LogP contribution is -2.52. The van der Waals surface area contributed by atoms with Gasteiger partial charge in [-0.1, -0.05) is 18.1 Å². The molecule has 1 atom stereocenters. The number of carbonyl (C=O) groups is 3. The summed E-state index contributed by atoms with van der Waals surface area (Å²) in [6.45, 7) is 2.18. The van der Waals surface area contributed by atoms with E-state index in [-0.39, 0.29) is 24.1 Å². The lowest BCUT2D eigenvalue weighted by atomic mass is 9.99. The molecule has 9 heteroatoms. The molecule has 5 rings (SSSR count). The number of H-pyrrole nitrogens is 1. The quantitative estimate of drug-likeness (QED) is 0.208. The maximum atomic E-state index is 13.0. The number of aryl methyl sites for hydroxylation is 4. The molecular formula is C27H29N6O3+. The highest BCUT2D eigenvalue weighted by molar-refractivity contribution is 6.05. The Balaban J connectivity index is 1.14. The van der Waals surface area contributed by atoms with Crippen LogP contribution in [-0.4, -0.2) is 43.3 Å². The van der Waals surface area contributed by atoms with E-state index < -0.39 is 6.04 Å². The van der Waals surface area contributed by atoms with E-state index in [1.807, 2.05) is 41.6 Å². The molecule has 0 aliphatic carbocycles. The SMILES string of the molecule is C#Cc1c[nH][n+](CCCCn2cnc(CCc3cccc4c3CN(C3CCC(=O)NC3=O)C4=O)c2)c1. The Morgan fingerprint density at radius 1 is 1.19 bits per heavy atom. The van der Waals surface area contributed by atoms with Crippen molar-refractivity contribution in [2.45, 2.75) is 64.2 Å². The lowest BCUT2D eigenvalue weighted by Gasteiger charge is -2.29. The summed E-state index contributed by atoms with van der Waals surface area (Å²) in [6.07, 6.45) is 17.3. The first-order valence-corrected chi connectivity index (χ1v) is 12.3. The molecule has 2 aromatic heterocycles. The zero-order valence-electron chi connectivity index (χ0n) is 20.1. The van der Waals surface area contributed by atoms with Gasteiger partial charge < -0.3 is 9.47 Å². The Morgan fingerprint density at radius 3 is 2.89 bits per heavy atom. The third-order valence-corrected chi connectivity index (χ3v) is 6.93. The highest BCUT2D eigenvalue weighted by Gasteiger charge is 2.39. The van der Waals surface area contributed by atoms with Gasteiger partial charge in [-0.05, 0) is 42.9 Å². The van der Waals surface area contributed by atoms with Crippen LogP contribution < -0.4 is 10.00 Å². The molecule has 0 saturated carbocycles. The van der Waals surface area contributed by atoms with E-state index in [0.717, 1.165) is 61.2 Å². The van der Waals surface area contributed by atoms with Crippen molar-refractivity contribution in [3.63, 3.8) is 0 Å². The van der Waals surface area contributed by atoms with Crippen molar-refractivity contribution in [2.75, 3.05) is 0 Å². The van der Waals surface area contributed by atoms with Crippen molar-refractivity contribution in [2.24, 2.45) is 0 Å². The summed E-state index contributed by atoms with van der Waals surface area (Å²) in [5, 5.41) is 5.49. The fraction of sp³-hybridized carbons (Fsp3) is 0.370. The number of hydrogen-bond donors (Lipinski definition) is 2. The second-order valence-electron chi connectivity index (χ2n) is 9.35. The van der Waals surface area contributed by atoms with Crippen molar-refractivity contribution in [3.8, 4) is 12.3 Å². The van der Waals surface area contributed by atoms with Crippen LogP contribution in [0.15, 0.2) is 43.1 Å². The number of nitrogens with zero attached hydrogens (tertiary/aromatic N) is 4. The first-order valence-electron chi connectivity index (χ1n) is 12.3. The molecular weight excluding hydrogens is 456 g/mol. The number of nitrogens with one attached hydrogen (secondary N) is 2. The minimum absolute atomic E-state index is 0.140. The first kappa shape index (κ1) is 23.5. The summed E-state index contributed by atoms with van der Waals surface area (Å²) in [6, 6.07) is 5.16. The zero-order chi connectivity index (χ0) is 25.1. The van der Waals surface area contributed by atoms with Gasteiger partial charge in [0.25, 0.3) is 5.91 Å². The molecule has 3 amide bonds. The van der Waals surface area contributed by atoms with Gasteiger partial charge >= 0.3 is 0 Å². The van der Waals surface area contributed by atoms with Crippen LogP contribution in [0.5, 0.6) is 0 Å². The van der Waals surface area contributed by atoms with Gasteiger partial charge in [0.05, 0.1) is 18.2 Å². The topological polar surface area (TPSA) is 104 Å². The number of terminal acetylenes is 1. The average molecular weight is 486 g/mol. The largest absolute Gasteiger partial charge is 0.337 e. The van der Waals surface area contributed by atoms with Crippen LogP contribution in [0.1, 0.15) is 58.4 Å². The van der Waals surface area contributed by atoms with Crippen LogP contribution in [0.25, 0.3) is 0 Å². The smallest absolute Gasteiger partial charge is 0.255 e. The second kappa shape index (κ2) is 10.2. The fourth-order valence-electron chi connectivity index (χ4n) is 4.98. The van der Waals surface area contributed by atoms with Gasteiger partial charge in [0.1, 0.15) is 11.6 Å². The number of carbonyl (C=O) groups excluding carboxylic acids is 3. The summed E-state index contributed by atoms with van der Waals surface area (Å²) in [4.78, 5) is 43.0. The molecule has 9 nitrogen and oxygen atoms in total. The van der Waals surface area contributed by atoms with Gasteiger partial charge in [0, 0.05) is 37.7 Å². The molecule has 3 aromatic rings. The van der Waals surface area contributed by atoms with Crippen LogP contribution in [0.4, 0.5) is 0 Å². The van der Waals surface area contributed by atoms with Crippen molar-refractivity contribution >= 4 is 17.7 Å². The van der Waals surface area contributed by atoms with E-state index >= 15 is 0 Å². The number of unbranched alkanes of at least 4 members (excludes halogenated alkanes) is 1. The van der Waals surface area contributed by atoms with Crippen molar-refractivity contribution in [3.05, 3.63) is 71.1 Å². The number of fused-ring (bicyclic) bond motifs is 1. The van der Waals surface area contributed by atoms with Crippen LogP contribution in [0.2, 0.25) is 0 Å². The van der Waals surface area contributed by atoms with Gasteiger partial charge in [-0.15, -0.1) is 11.1 Å². The molecule has 0 radical (unpaired) electrons. The van der Waals surface area contributed by atoms with Crippen LogP contribution in [-0.2, 0) is 42.1 Å². The number of amides is 3. The summed E-state index contributed by atoms with van der Waals surface area (Å²) in [5.41, 5.74) is 4.58. The monoisotopic (exact) mass is 485 g/mol. The van der Waals surface area contributed by atoms with Crippen molar-refractivity contribution in [1.82, 2.24) is 24.9 Å². The number of rotatable bonds is 9. The molecule has 1 fully saturated rings. The van der Waals surface area contributed by atoms with Gasteiger partial charge in [-0.3, -0.25) is 19.7 Å². The standard InChI is InChI=1S/C27H28N6O3/c1-2-19-14-29-32(15-19)13-4-3-12-31-16-21(28-18-31)9-8-20-6-5-7-22-23(20)17-33(27(22)36)24-10-11-25(34)30-26(24)35/h1,5-7,14-16,18,24H,3-4,8-13,17H2,(H,30,34,35)/p+1. The van der Waals surface area contributed by atoms with Crippen LogP contribution in [0.3, 0.4) is 0 Å². The number of imide groups is 1. The Labute approximate surface area is 209 Å². The van der Waals surface area contributed by atoms with E-state index in [4.69, 9.17) is 6.42 Å². The van der Waals surface area contributed by atoms with E-state index in [2.05, 4.69) is 32.1 Å². The predicted octanol–water partition coefficient (Wildman–Crippen LogP) is 1.51. The average Bonchev–Trinajstić information content (AvgIpc) is 3.60. The van der Waals surface area contributed by atoms with Crippen LogP contribution in [0, 0.1) is 12.3 Å². The maximum Gasteiger partial charge on any atom is 0.255 e. The van der Waals surface area contributed by atoms with E-state index in [1.165, 1.54) is 0 Å². The second-order valence-corrected chi connectivity index (χ2v) is 9.35. The predicted molar refractivity (Wildman–Crippen MR) is 130 cm³/mol. The minimum Gasteiger partial charge on any atom is -0.337 e. The van der Waals surface area contributed by atoms with Gasteiger partial charge in [0.15, 0.2) is 6.54 Å². The zero-order valence-corrected chi connectivity index (χ0v) is 20.1. The number of hydrogen-bond acceptors (Lipinski definition) is 4. The van der Waals surface area contributed by atoms with Crippen molar-refractivity contribution in [1.29, 1.82) is 0 Å². The molecule has 0 spiro atoms. The fourth-order valence-corrected chi connectivity index (χ4v) is 4.98. The Morgan fingerprint density at radius 2 is 2.08 bits per heavy atom. The first-order chi connectivity index (χ1) is 17.5. The van der Waals surface area contributed by atoms with Crippen molar-refractivity contribution < 1.29 is 19.1 Å². The van der Waals surface area contributed by atoms with E-state index in [1.54, 1.807) is 4.90 Å². The number of aromatic nitrogens is 4. The highest BCUT2D eigenvalue weighted by atomic mass is 16.2. The Kier molecular flexibility index (Phi) is 6.67.